The van der Waals surface area contributed by atoms with Crippen molar-refractivity contribution in [3.63, 3.8) is 0 Å². The van der Waals surface area contributed by atoms with E-state index in [1.54, 1.807) is 6.20 Å². The predicted molar refractivity (Wildman–Crippen MR) is 46.1 cm³/mol. The second kappa shape index (κ2) is 4.34. The van der Waals surface area contributed by atoms with Gasteiger partial charge in [0.1, 0.15) is 0 Å². The van der Waals surface area contributed by atoms with Gasteiger partial charge in [-0.05, 0) is 17.4 Å². The molecule has 1 nitrogen and oxygen atoms in total. The van der Waals surface area contributed by atoms with Crippen molar-refractivity contribution in [3.05, 3.63) is 30.1 Å². The highest BCUT2D eigenvalue weighted by Gasteiger charge is 1.88. The molecular formula is C8H11NS. The normalized spacial score (nSPS) is 9.70. The second-order valence-electron chi connectivity index (χ2n) is 2.00. The number of hydrogen-bond donors (Lipinski definition) is 0. The van der Waals surface area contributed by atoms with Crippen LogP contribution in [0.2, 0.25) is 0 Å². The summed E-state index contributed by atoms with van der Waals surface area (Å²) < 4.78 is 0. The van der Waals surface area contributed by atoms with E-state index in [1.807, 2.05) is 24.0 Å². The molecule has 1 aromatic heterocycles. The van der Waals surface area contributed by atoms with E-state index in [4.69, 9.17) is 0 Å². The third-order valence-corrected chi connectivity index (χ3v) is 2.14. The van der Waals surface area contributed by atoms with Crippen molar-refractivity contribution in [1.29, 1.82) is 0 Å². The minimum atomic E-state index is 1.09. The molecule has 0 spiro atoms. The van der Waals surface area contributed by atoms with Gasteiger partial charge in [-0.25, -0.2) is 0 Å². The predicted octanol–water partition coefficient (Wildman–Crippen LogP) is 2.33. The van der Waals surface area contributed by atoms with E-state index in [2.05, 4.69) is 18.0 Å². The maximum Gasteiger partial charge on any atom is 0.0308 e. The minimum absolute atomic E-state index is 1.09. The third kappa shape index (κ3) is 2.40. The van der Waals surface area contributed by atoms with Crippen LogP contribution >= 0.6 is 11.8 Å². The molecule has 1 aromatic rings. The number of pyridine rings is 1. The molecule has 0 fully saturated rings. The van der Waals surface area contributed by atoms with Crippen LogP contribution in [-0.2, 0) is 5.75 Å². The highest BCUT2D eigenvalue weighted by atomic mass is 32.2. The Morgan fingerprint density at radius 3 is 3.10 bits per heavy atom. The topological polar surface area (TPSA) is 12.9 Å². The van der Waals surface area contributed by atoms with E-state index >= 15 is 0 Å². The first-order valence-electron chi connectivity index (χ1n) is 3.40. The lowest BCUT2D eigenvalue weighted by molar-refractivity contribution is 1.25. The smallest absolute Gasteiger partial charge is 0.0308 e. The van der Waals surface area contributed by atoms with Crippen LogP contribution in [0, 0.1) is 0 Å². The van der Waals surface area contributed by atoms with Crippen molar-refractivity contribution < 1.29 is 0 Å². The molecular weight excluding hydrogens is 142 g/mol. The van der Waals surface area contributed by atoms with E-state index in [0.717, 1.165) is 5.75 Å². The molecule has 0 saturated heterocycles. The summed E-state index contributed by atoms with van der Waals surface area (Å²) in [6.45, 7) is 2.17. The van der Waals surface area contributed by atoms with Crippen LogP contribution < -0.4 is 0 Å². The molecule has 10 heavy (non-hydrogen) atoms. The van der Waals surface area contributed by atoms with Gasteiger partial charge >= 0.3 is 0 Å². The first kappa shape index (κ1) is 7.61. The summed E-state index contributed by atoms with van der Waals surface area (Å²) in [5, 5.41) is 0. The van der Waals surface area contributed by atoms with Gasteiger partial charge in [-0.2, -0.15) is 11.8 Å². The summed E-state index contributed by atoms with van der Waals surface area (Å²) in [6.07, 6.45) is 3.72. The van der Waals surface area contributed by atoms with E-state index < -0.39 is 0 Å². The lowest BCUT2D eigenvalue weighted by atomic mass is 10.3. The highest BCUT2D eigenvalue weighted by Crippen LogP contribution is 2.08. The highest BCUT2D eigenvalue weighted by molar-refractivity contribution is 7.98. The Labute approximate surface area is 65.9 Å². The van der Waals surface area contributed by atoms with Crippen LogP contribution in [0.1, 0.15) is 12.5 Å². The van der Waals surface area contributed by atoms with Crippen molar-refractivity contribution in [3.8, 4) is 0 Å². The Hall–Kier alpha value is -0.500. The zero-order valence-corrected chi connectivity index (χ0v) is 6.90. The molecule has 54 valence electrons. The Kier molecular flexibility index (Phi) is 3.30. The first-order valence-corrected chi connectivity index (χ1v) is 4.55. The van der Waals surface area contributed by atoms with Crippen LogP contribution in [0.4, 0.5) is 0 Å². The van der Waals surface area contributed by atoms with Gasteiger partial charge in [-0.3, -0.25) is 4.98 Å². The molecule has 0 aliphatic rings. The number of aromatic nitrogens is 1. The summed E-state index contributed by atoms with van der Waals surface area (Å²) in [7, 11) is 0. The van der Waals surface area contributed by atoms with Gasteiger partial charge in [0.25, 0.3) is 0 Å². The average molecular weight is 153 g/mol. The van der Waals surface area contributed by atoms with Gasteiger partial charge in [-0.15, -0.1) is 0 Å². The second-order valence-corrected chi connectivity index (χ2v) is 3.27. The molecule has 0 aliphatic heterocycles. The summed E-state index contributed by atoms with van der Waals surface area (Å²) in [4.78, 5) is 4.02. The molecule has 1 heterocycles. The third-order valence-electron chi connectivity index (χ3n) is 1.20. The lowest BCUT2D eigenvalue weighted by Crippen LogP contribution is -1.80. The molecule has 0 atom stereocenters. The summed E-state index contributed by atoms with van der Waals surface area (Å²) >= 11 is 1.92. The van der Waals surface area contributed by atoms with Crippen molar-refractivity contribution in [2.24, 2.45) is 0 Å². The Morgan fingerprint density at radius 1 is 1.60 bits per heavy atom. The van der Waals surface area contributed by atoms with Crippen molar-refractivity contribution in [2.75, 3.05) is 5.75 Å². The van der Waals surface area contributed by atoms with Crippen LogP contribution in [0.5, 0.6) is 0 Å². The molecule has 0 aromatic carbocycles. The molecule has 1 rings (SSSR count). The van der Waals surface area contributed by atoms with Gasteiger partial charge in [0.05, 0.1) is 0 Å². The van der Waals surface area contributed by atoms with E-state index in [-0.39, 0.29) is 0 Å². The van der Waals surface area contributed by atoms with Gasteiger partial charge in [0.15, 0.2) is 0 Å². The zero-order valence-electron chi connectivity index (χ0n) is 6.08. The van der Waals surface area contributed by atoms with Crippen LogP contribution in [0.3, 0.4) is 0 Å². The molecule has 0 bridgehead atoms. The average Bonchev–Trinajstić information content (AvgIpc) is 2.03. The van der Waals surface area contributed by atoms with Gasteiger partial charge in [0.2, 0.25) is 0 Å². The molecule has 0 saturated carbocycles. The van der Waals surface area contributed by atoms with Crippen LogP contribution in [0.15, 0.2) is 24.5 Å². The summed E-state index contributed by atoms with van der Waals surface area (Å²) in [5.41, 5.74) is 1.31. The number of rotatable bonds is 3. The van der Waals surface area contributed by atoms with Crippen LogP contribution in [-0.4, -0.2) is 10.7 Å². The Bertz CT molecular complexity index is 174. The standard InChI is InChI=1S/C8H11NS/c1-2-10-7-8-4-3-5-9-6-8/h3-6H,2,7H2,1H3. The summed E-state index contributed by atoms with van der Waals surface area (Å²) in [5.74, 6) is 2.26. The fraction of sp³-hybridized carbons (Fsp3) is 0.375. The number of thioether (sulfide) groups is 1. The molecule has 2 heteroatoms. The molecule has 0 radical (unpaired) electrons. The maximum absolute atomic E-state index is 4.02. The fourth-order valence-corrected chi connectivity index (χ4v) is 1.31. The van der Waals surface area contributed by atoms with Crippen molar-refractivity contribution in [2.45, 2.75) is 12.7 Å². The van der Waals surface area contributed by atoms with Crippen molar-refractivity contribution in [1.82, 2.24) is 4.98 Å². The molecule has 0 aliphatic carbocycles. The minimum Gasteiger partial charge on any atom is -0.264 e. The van der Waals surface area contributed by atoms with Gasteiger partial charge in [-0.1, -0.05) is 13.0 Å². The zero-order chi connectivity index (χ0) is 7.23. The van der Waals surface area contributed by atoms with Gasteiger partial charge < -0.3 is 0 Å². The Balaban J connectivity index is 2.43. The maximum atomic E-state index is 4.02. The summed E-state index contributed by atoms with van der Waals surface area (Å²) in [6, 6.07) is 4.08. The van der Waals surface area contributed by atoms with Gasteiger partial charge in [0, 0.05) is 18.1 Å². The largest absolute Gasteiger partial charge is 0.264 e. The number of nitrogens with zero attached hydrogens (tertiary/aromatic N) is 1. The fourth-order valence-electron chi connectivity index (χ4n) is 0.703. The lowest BCUT2D eigenvalue weighted by Gasteiger charge is -1.95. The molecule has 0 amide bonds. The SMILES string of the molecule is CCSCc1cccnc1. The van der Waals surface area contributed by atoms with E-state index in [9.17, 15) is 0 Å². The van der Waals surface area contributed by atoms with E-state index in [1.165, 1.54) is 11.3 Å². The van der Waals surface area contributed by atoms with Crippen molar-refractivity contribution >= 4 is 11.8 Å². The van der Waals surface area contributed by atoms with E-state index in [0.29, 0.717) is 0 Å². The number of hydrogen-bond acceptors (Lipinski definition) is 2. The molecule has 0 unspecified atom stereocenters. The quantitative estimate of drug-likeness (QED) is 0.661. The Morgan fingerprint density at radius 2 is 2.50 bits per heavy atom. The first-order chi connectivity index (χ1) is 4.93. The monoisotopic (exact) mass is 153 g/mol. The van der Waals surface area contributed by atoms with Crippen LogP contribution in [0.25, 0.3) is 0 Å². The molecule has 0 N–H and O–H groups in total.